The number of halogens is 1. The zero-order valence-corrected chi connectivity index (χ0v) is 19.7. The topological polar surface area (TPSA) is 64.1 Å². The van der Waals surface area contributed by atoms with Crippen molar-refractivity contribution in [1.82, 2.24) is 10.6 Å². The highest BCUT2D eigenvalue weighted by Gasteiger charge is 2.14. The summed E-state index contributed by atoms with van der Waals surface area (Å²) in [5.41, 5.74) is 1.24. The van der Waals surface area contributed by atoms with Gasteiger partial charge in [0.05, 0.1) is 19.3 Å². The molecule has 1 heterocycles. The van der Waals surface area contributed by atoms with Crippen LogP contribution in [0.3, 0.4) is 0 Å². The number of hydrogen-bond acceptors (Lipinski definition) is 4. The van der Waals surface area contributed by atoms with E-state index in [0.717, 1.165) is 50.7 Å². The van der Waals surface area contributed by atoms with Crippen LogP contribution in [0.15, 0.2) is 29.3 Å². The molecule has 1 unspecified atom stereocenters. The summed E-state index contributed by atoms with van der Waals surface area (Å²) < 4.78 is 17.1. The van der Waals surface area contributed by atoms with Crippen LogP contribution in [0.4, 0.5) is 0 Å². The smallest absolute Gasteiger partial charge is 0.191 e. The second-order valence-electron chi connectivity index (χ2n) is 7.03. The van der Waals surface area contributed by atoms with Gasteiger partial charge in [0.1, 0.15) is 12.4 Å². The summed E-state index contributed by atoms with van der Waals surface area (Å²) in [6.45, 7) is 8.79. The Morgan fingerprint density at radius 3 is 2.71 bits per heavy atom. The van der Waals surface area contributed by atoms with Crippen molar-refractivity contribution in [2.75, 3.05) is 46.6 Å². The first kappa shape index (κ1) is 25.0. The van der Waals surface area contributed by atoms with E-state index in [2.05, 4.69) is 41.6 Å². The van der Waals surface area contributed by atoms with Gasteiger partial charge in [-0.2, -0.15) is 0 Å². The molecule has 1 fully saturated rings. The van der Waals surface area contributed by atoms with E-state index in [4.69, 9.17) is 14.2 Å². The van der Waals surface area contributed by atoms with Crippen LogP contribution >= 0.6 is 24.0 Å². The van der Waals surface area contributed by atoms with Gasteiger partial charge in [-0.1, -0.05) is 32.0 Å². The minimum Gasteiger partial charge on any atom is -0.491 e. The fourth-order valence-electron chi connectivity index (χ4n) is 3.01. The molecule has 0 amide bonds. The fourth-order valence-corrected chi connectivity index (χ4v) is 3.01. The Hall–Kier alpha value is -1.06. The average Bonchev–Trinajstić information content (AvgIpc) is 3.19. The number of hydrogen-bond donors (Lipinski definition) is 2. The van der Waals surface area contributed by atoms with Crippen LogP contribution in [-0.4, -0.2) is 58.6 Å². The average molecular weight is 505 g/mol. The molecule has 0 radical (unpaired) electrons. The standard InChI is InChI=1S/C21H35N3O3.HI/c1-17(2)19-9-4-5-10-20(19)27-15-12-24-21(22-3)23-11-7-13-25-16-18-8-6-14-26-18;/h4-5,9-10,17-18H,6-8,11-16H2,1-3H3,(H2,22,23,24);1H. The minimum absolute atomic E-state index is 0. The molecule has 0 aliphatic carbocycles. The van der Waals surface area contributed by atoms with E-state index >= 15 is 0 Å². The van der Waals surface area contributed by atoms with Crippen LogP contribution < -0.4 is 15.4 Å². The van der Waals surface area contributed by atoms with E-state index in [-0.39, 0.29) is 24.0 Å². The van der Waals surface area contributed by atoms with Crippen LogP contribution in [0.1, 0.15) is 44.6 Å². The quantitative estimate of drug-likeness (QED) is 0.209. The van der Waals surface area contributed by atoms with Gasteiger partial charge in [-0.3, -0.25) is 4.99 Å². The normalized spacial score (nSPS) is 16.7. The molecule has 0 saturated carbocycles. The summed E-state index contributed by atoms with van der Waals surface area (Å²) in [5.74, 6) is 2.20. The molecule has 0 aromatic heterocycles. The molecule has 6 nitrogen and oxygen atoms in total. The van der Waals surface area contributed by atoms with Crippen molar-refractivity contribution in [2.45, 2.75) is 45.1 Å². The van der Waals surface area contributed by atoms with Crippen LogP contribution in [-0.2, 0) is 9.47 Å². The summed E-state index contributed by atoms with van der Waals surface area (Å²) in [5, 5.41) is 6.58. The molecular weight excluding hydrogens is 469 g/mol. The van der Waals surface area contributed by atoms with Crippen molar-refractivity contribution in [3.63, 3.8) is 0 Å². The first-order valence-electron chi connectivity index (χ1n) is 10.1. The lowest BCUT2D eigenvalue weighted by molar-refractivity contribution is 0.0168. The molecule has 160 valence electrons. The van der Waals surface area contributed by atoms with Gasteiger partial charge < -0.3 is 24.8 Å². The number of guanidine groups is 1. The van der Waals surface area contributed by atoms with Crippen molar-refractivity contribution in [1.29, 1.82) is 0 Å². The van der Waals surface area contributed by atoms with E-state index in [0.29, 0.717) is 31.8 Å². The van der Waals surface area contributed by atoms with E-state index < -0.39 is 0 Å². The maximum Gasteiger partial charge on any atom is 0.191 e. The van der Waals surface area contributed by atoms with Crippen molar-refractivity contribution in [3.8, 4) is 5.75 Å². The summed E-state index contributed by atoms with van der Waals surface area (Å²) in [4.78, 5) is 4.24. The number of rotatable bonds is 11. The molecule has 28 heavy (non-hydrogen) atoms. The van der Waals surface area contributed by atoms with Gasteiger partial charge in [-0.05, 0) is 36.8 Å². The Labute approximate surface area is 186 Å². The lowest BCUT2D eigenvalue weighted by Gasteiger charge is -2.15. The third kappa shape index (κ3) is 9.43. The molecule has 1 aromatic carbocycles. The fraction of sp³-hybridized carbons (Fsp3) is 0.667. The molecule has 0 bridgehead atoms. The number of nitrogens with zero attached hydrogens (tertiary/aromatic N) is 1. The molecule has 0 spiro atoms. The van der Waals surface area contributed by atoms with Gasteiger partial charge in [0.15, 0.2) is 5.96 Å². The highest BCUT2D eigenvalue weighted by atomic mass is 127. The number of nitrogens with one attached hydrogen (secondary N) is 2. The van der Waals surface area contributed by atoms with Crippen molar-refractivity contribution >= 4 is 29.9 Å². The summed E-state index contributed by atoms with van der Waals surface area (Å²) in [7, 11) is 1.78. The predicted octanol–water partition coefficient (Wildman–Crippen LogP) is 3.56. The number of ether oxygens (including phenoxy) is 3. The molecule has 1 aromatic rings. The highest BCUT2D eigenvalue weighted by Crippen LogP contribution is 2.25. The second kappa shape index (κ2) is 14.9. The van der Waals surface area contributed by atoms with Crippen LogP contribution in [0, 0.1) is 0 Å². The lowest BCUT2D eigenvalue weighted by atomic mass is 10.0. The maximum absolute atomic E-state index is 5.92. The SMILES string of the molecule is CN=C(NCCCOCC1CCCO1)NCCOc1ccccc1C(C)C.I. The number of aliphatic imine (C=N–C) groups is 1. The summed E-state index contributed by atoms with van der Waals surface area (Å²) in [6, 6.07) is 8.21. The highest BCUT2D eigenvalue weighted by molar-refractivity contribution is 14.0. The predicted molar refractivity (Wildman–Crippen MR) is 125 cm³/mol. The Bertz CT molecular complexity index is 564. The van der Waals surface area contributed by atoms with Gasteiger partial charge in [0.25, 0.3) is 0 Å². The number of benzene rings is 1. The molecule has 2 rings (SSSR count). The Morgan fingerprint density at radius 1 is 1.21 bits per heavy atom. The van der Waals surface area contributed by atoms with Crippen molar-refractivity contribution < 1.29 is 14.2 Å². The largest absolute Gasteiger partial charge is 0.491 e. The molecular formula is C21H36IN3O3. The Kier molecular flexibility index (Phi) is 13.3. The monoisotopic (exact) mass is 505 g/mol. The van der Waals surface area contributed by atoms with E-state index in [1.807, 2.05) is 12.1 Å². The Balaban J connectivity index is 0.00000392. The van der Waals surface area contributed by atoms with Crippen LogP contribution in [0.2, 0.25) is 0 Å². The minimum atomic E-state index is 0. The summed E-state index contributed by atoms with van der Waals surface area (Å²) >= 11 is 0. The molecule has 1 atom stereocenters. The Morgan fingerprint density at radius 2 is 2.00 bits per heavy atom. The van der Waals surface area contributed by atoms with Gasteiger partial charge >= 0.3 is 0 Å². The maximum atomic E-state index is 5.92. The third-order valence-electron chi connectivity index (χ3n) is 4.50. The number of para-hydroxylation sites is 1. The molecule has 1 saturated heterocycles. The van der Waals surface area contributed by atoms with Gasteiger partial charge in [0, 0.05) is 26.8 Å². The zero-order chi connectivity index (χ0) is 19.3. The first-order valence-corrected chi connectivity index (χ1v) is 10.1. The lowest BCUT2D eigenvalue weighted by Crippen LogP contribution is -2.40. The second-order valence-corrected chi connectivity index (χ2v) is 7.03. The molecule has 1 aliphatic heterocycles. The van der Waals surface area contributed by atoms with E-state index in [1.165, 1.54) is 5.56 Å². The molecule has 1 aliphatic rings. The summed E-state index contributed by atoms with van der Waals surface area (Å²) in [6.07, 6.45) is 3.52. The van der Waals surface area contributed by atoms with E-state index in [1.54, 1.807) is 7.05 Å². The van der Waals surface area contributed by atoms with Crippen LogP contribution in [0.25, 0.3) is 0 Å². The third-order valence-corrected chi connectivity index (χ3v) is 4.50. The van der Waals surface area contributed by atoms with Crippen molar-refractivity contribution in [2.24, 2.45) is 4.99 Å². The zero-order valence-electron chi connectivity index (χ0n) is 17.4. The van der Waals surface area contributed by atoms with Gasteiger partial charge in [-0.25, -0.2) is 0 Å². The van der Waals surface area contributed by atoms with Crippen LogP contribution in [0.5, 0.6) is 5.75 Å². The first-order chi connectivity index (χ1) is 13.2. The van der Waals surface area contributed by atoms with Gasteiger partial charge in [0.2, 0.25) is 0 Å². The van der Waals surface area contributed by atoms with Gasteiger partial charge in [-0.15, -0.1) is 24.0 Å². The van der Waals surface area contributed by atoms with Crippen molar-refractivity contribution in [3.05, 3.63) is 29.8 Å². The van der Waals surface area contributed by atoms with E-state index in [9.17, 15) is 0 Å². The molecule has 7 heteroatoms. The molecule has 2 N–H and O–H groups in total.